The number of benzene rings is 2. The second-order valence-electron chi connectivity index (χ2n) is 6.49. The van der Waals surface area contributed by atoms with Gasteiger partial charge in [0.2, 0.25) is 11.7 Å². The molecule has 1 unspecified atom stereocenters. The number of hydrogen-bond acceptors (Lipinski definition) is 4. The highest BCUT2D eigenvalue weighted by Crippen LogP contribution is 2.24. The molecule has 0 bridgehead atoms. The summed E-state index contributed by atoms with van der Waals surface area (Å²) in [6.45, 7) is 0. The van der Waals surface area contributed by atoms with Gasteiger partial charge in [0.05, 0.1) is 6.20 Å². The number of nitrogens with zero attached hydrogens (tertiary/aromatic N) is 1. The van der Waals surface area contributed by atoms with Gasteiger partial charge in [-0.1, -0.05) is 60.7 Å². The third-order valence-electron chi connectivity index (χ3n) is 4.51. The second kappa shape index (κ2) is 8.94. The molecule has 3 rings (SSSR count). The molecule has 138 valence electrons. The number of aromatic nitrogens is 1. The maximum Gasteiger partial charge on any atom is 0.263 e. The van der Waals surface area contributed by atoms with Crippen LogP contribution in [0.2, 0.25) is 0 Å². The topological polar surface area (TPSA) is 86.2 Å². The molecule has 5 nitrogen and oxygen atoms in total. The number of nitrogens with two attached hydrogens (primary N) is 1. The lowest BCUT2D eigenvalue weighted by atomic mass is 9.91. The van der Waals surface area contributed by atoms with Crippen molar-refractivity contribution in [2.45, 2.75) is 25.7 Å². The minimum atomic E-state index is -0.412. The van der Waals surface area contributed by atoms with Crippen molar-refractivity contribution in [2.75, 3.05) is 0 Å². The molecule has 1 heterocycles. The zero-order valence-corrected chi connectivity index (χ0v) is 15.0. The molecule has 0 saturated carbocycles. The van der Waals surface area contributed by atoms with Gasteiger partial charge in [0.1, 0.15) is 0 Å². The van der Waals surface area contributed by atoms with E-state index in [0.29, 0.717) is 18.6 Å². The minimum absolute atomic E-state index is 0.0800. The lowest BCUT2D eigenvalue weighted by molar-refractivity contribution is -0.118. The Kier molecular flexibility index (Phi) is 6.15. The van der Waals surface area contributed by atoms with Gasteiger partial charge in [-0.3, -0.25) is 9.59 Å². The summed E-state index contributed by atoms with van der Waals surface area (Å²) in [5.74, 6) is -0.328. The first kappa shape index (κ1) is 18.6. The fourth-order valence-corrected chi connectivity index (χ4v) is 3.01. The Morgan fingerprint density at radius 3 is 2.30 bits per heavy atom. The van der Waals surface area contributed by atoms with Crippen molar-refractivity contribution in [2.24, 2.45) is 11.7 Å². The SMILES string of the molecule is NC(=O)CCC(CCc1ccccc1)C(=O)c1ncc(-c2ccccc2)o1. The first-order valence-corrected chi connectivity index (χ1v) is 9.01. The Morgan fingerprint density at radius 2 is 1.63 bits per heavy atom. The van der Waals surface area contributed by atoms with Crippen LogP contribution in [-0.2, 0) is 11.2 Å². The normalized spacial score (nSPS) is 11.9. The Labute approximate surface area is 158 Å². The average Bonchev–Trinajstić information content (AvgIpc) is 3.19. The summed E-state index contributed by atoms with van der Waals surface area (Å²) in [5, 5.41) is 0. The van der Waals surface area contributed by atoms with Gasteiger partial charge < -0.3 is 10.2 Å². The van der Waals surface area contributed by atoms with Crippen LogP contribution in [0.4, 0.5) is 0 Å². The number of Topliss-reactive ketones (excluding diaryl/α,β-unsaturated/α-hetero) is 1. The molecule has 1 atom stereocenters. The number of hydrogen-bond donors (Lipinski definition) is 1. The molecular weight excluding hydrogens is 340 g/mol. The number of primary amides is 1. The molecule has 0 aliphatic rings. The summed E-state index contributed by atoms with van der Waals surface area (Å²) >= 11 is 0. The highest BCUT2D eigenvalue weighted by atomic mass is 16.4. The third-order valence-corrected chi connectivity index (χ3v) is 4.51. The zero-order valence-electron chi connectivity index (χ0n) is 15.0. The largest absolute Gasteiger partial charge is 0.434 e. The second-order valence-corrected chi connectivity index (χ2v) is 6.49. The average molecular weight is 362 g/mol. The third kappa shape index (κ3) is 5.14. The molecule has 0 saturated heterocycles. The fourth-order valence-electron chi connectivity index (χ4n) is 3.01. The van der Waals surface area contributed by atoms with Crippen molar-refractivity contribution in [1.82, 2.24) is 4.98 Å². The number of carbonyl (C=O) groups is 2. The minimum Gasteiger partial charge on any atom is -0.434 e. The van der Waals surface area contributed by atoms with Crippen molar-refractivity contribution >= 4 is 11.7 Å². The number of oxazole rings is 1. The monoisotopic (exact) mass is 362 g/mol. The van der Waals surface area contributed by atoms with Crippen molar-refractivity contribution in [3.8, 4) is 11.3 Å². The fraction of sp³-hybridized carbons (Fsp3) is 0.227. The Morgan fingerprint density at radius 1 is 0.963 bits per heavy atom. The smallest absolute Gasteiger partial charge is 0.263 e. The van der Waals surface area contributed by atoms with Gasteiger partial charge in [-0.05, 0) is 24.8 Å². The lowest BCUT2D eigenvalue weighted by Crippen LogP contribution is -2.20. The maximum absolute atomic E-state index is 12.9. The van der Waals surface area contributed by atoms with E-state index in [2.05, 4.69) is 4.98 Å². The summed E-state index contributed by atoms with van der Waals surface area (Å²) in [6, 6.07) is 19.4. The van der Waals surface area contributed by atoms with Crippen LogP contribution in [-0.4, -0.2) is 16.7 Å². The van der Waals surface area contributed by atoms with Crippen molar-refractivity contribution < 1.29 is 14.0 Å². The van der Waals surface area contributed by atoms with Gasteiger partial charge >= 0.3 is 0 Å². The summed E-state index contributed by atoms with van der Waals surface area (Å²) in [6.07, 6.45) is 3.47. The van der Waals surface area contributed by atoms with Gasteiger partial charge in [-0.2, -0.15) is 0 Å². The predicted octanol–water partition coefficient (Wildman–Crippen LogP) is 4.04. The maximum atomic E-state index is 12.9. The quantitative estimate of drug-likeness (QED) is 0.582. The van der Waals surface area contributed by atoms with Crippen LogP contribution in [0.1, 0.15) is 35.5 Å². The number of ketones is 1. The van der Waals surface area contributed by atoms with E-state index >= 15 is 0 Å². The standard InChI is InChI=1S/C22H22N2O3/c23-20(25)14-13-18(12-11-16-7-3-1-4-8-16)21(26)22-24-15-19(27-22)17-9-5-2-6-10-17/h1-10,15,18H,11-14H2,(H2,23,25). The molecule has 1 amide bonds. The van der Waals surface area contributed by atoms with Gasteiger partial charge in [0.15, 0.2) is 5.76 Å². The van der Waals surface area contributed by atoms with Crippen LogP contribution < -0.4 is 5.73 Å². The first-order chi connectivity index (χ1) is 13.1. The van der Waals surface area contributed by atoms with Gasteiger partial charge in [-0.15, -0.1) is 0 Å². The van der Waals surface area contributed by atoms with Crippen LogP contribution in [0, 0.1) is 5.92 Å². The molecule has 27 heavy (non-hydrogen) atoms. The summed E-state index contributed by atoms with van der Waals surface area (Å²) in [4.78, 5) is 28.3. The van der Waals surface area contributed by atoms with E-state index < -0.39 is 5.91 Å². The number of aryl methyl sites for hydroxylation is 1. The van der Waals surface area contributed by atoms with Crippen LogP contribution in [0.5, 0.6) is 0 Å². The summed E-state index contributed by atoms with van der Waals surface area (Å²) < 4.78 is 5.69. The van der Waals surface area contributed by atoms with E-state index in [-0.39, 0.29) is 24.0 Å². The zero-order chi connectivity index (χ0) is 19.1. The number of amides is 1. The van der Waals surface area contributed by atoms with Crippen LogP contribution in [0.3, 0.4) is 0 Å². The van der Waals surface area contributed by atoms with E-state index in [1.807, 2.05) is 60.7 Å². The molecule has 0 aliphatic carbocycles. The Balaban J connectivity index is 1.73. The summed E-state index contributed by atoms with van der Waals surface area (Å²) in [5.41, 5.74) is 7.29. The highest BCUT2D eigenvalue weighted by molar-refractivity contribution is 5.94. The van der Waals surface area contributed by atoms with Gasteiger partial charge in [-0.25, -0.2) is 4.98 Å². The van der Waals surface area contributed by atoms with E-state index in [1.165, 1.54) is 0 Å². The van der Waals surface area contributed by atoms with Gasteiger partial charge in [0, 0.05) is 17.9 Å². The van der Waals surface area contributed by atoms with E-state index in [4.69, 9.17) is 10.2 Å². The van der Waals surface area contributed by atoms with Crippen molar-refractivity contribution in [3.63, 3.8) is 0 Å². The molecule has 5 heteroatoms. The molecule has 2 N–H and O–H groups in total. The molecule has 0 fully saturated rings. The highest BCUT2D eigenvalue weighted by Gasteiger charge is 2.25. The molecule has 3 aromatic rings. The van der Waals surface area contributed by atoms with Crippen LogP contribution in [0.25, 0.3) is 11.3 Å². The predicted molar refractivity (Wildman–Crippen MR) is 103 cm³/mol. The van der Waals surface area contributed by atoms with E-state index in [1.54, 1.807) is 6.20 Å². The van der Waals surface area contributed by atoms with Crippen LogP contribution in [0.15, 0.2) is 71.3 Å². The lowest BCUT2D eigenvalue weighted by Gasteiger charge is -2.13. The van der Waals surface area contributed by atoms with Crippen LogP contribution >= 0.6 is 0 Å². The van der Waals surface area contributed by atoms with E-state index in [0.717, 1.165) is 17.5 Å². The van der Waals surface area contributed by atoms with Gasteiger partial charge in [0.25, 0.3) is 5.89 Å². The van der Waals surface area contributed by atoms with Crippen molar-refractivity contribution in [3.05, 3.63) is 78.3 Å². The Hall–Kier alpha value is -3.21. The van der Waals surface area contributed by atoms with Crippen molar-refractivity contribution in [1.29, 1.82) is 0 Å². The molecule has 0 spiro atoms. The molecule has 1 aromatic heterocycles. The molecule has 2 aromatic carbocycles. The first-order valence-electron chi connectivity index (χ1n) is 9.01. The molecule has 0 aliphatic heterocycles. The number of carbonyl (C=O) groups excluding carboxylic acids is 2. The summed E-state index contributed by atoms with van der Waals surface area (Å²) in [7, 11) is 0. The number of rotatable bonds is 9. The van der Waals surface area contributed by atoms with E-state index in [9.17, 15) is 9.59 Å². The molecular formula is C22H22N2O3. The molecule has 0 radical (unpaired) electrons. The Bertz CT molecular complexity index is 888.